The highest BCUT2D eigenvalue weighted by atomic mass is 35.5. The zero-order valence-corrected chi connectivity index (χ0v) is 12.4. The van der Waals surface area contributed by atoms with Gasteiger partial charge in [-0.15, -0.1) is 11.3 Å². The molecule has 0 radical (unpaired) electrons. The fourth-order valence-electron chi connectivity index (χ4n) is 1.71. The fourth-order valence-corrected chi connectivity index (χ4v) is 2.72. The molecular weight excluding hydrogens is 318 g/mol. The van der Waals surface area contributed by atoms with Crippen LogP contribution in [0.3, 0.4) is 0 Å². The highest BCUT2D eigenvalue weighted by molar-refractivity contribution is 7.11. The van der Waals surface area contributed by atoms with Crippen molar-refractivity contribution in [2.45, 2.75) is 13.5 Å². The molecule has 9 heteroatoms. The molecule has 21 heavy (non-hydrogen) atoms. The normalized spacial score (nSPS) is 10.4. The first kappa shape index (κ1) is 15.2. The topological polar surface area (TPSA) is 105 Å². The summed E-state index contributed by atoms with van der Waals surface area (Å²) in [4.78, 5) is 26.3. The Morgan fingerprint density at radius 2 is 2.29 bits per heavy atom. The van der Waals surface area contributed by atoms with Crippen molar-refractivity contribution in [1.29, 1.82) is 0 Å². The second-order valence-electron chi connectivity index (χ2n) is 4.11. The lowest BCUT2D eigenvalue weighted by molar-refractivity contribution is -0.384. The molecule has 2 rings (SSSR count). The van der Waals surface area contributed by atoms with E-state index in [0.29, 0.717) is 6.54 Å². The number of nitrogens with zero attached hydrogens (tertiary/aromatic N) is 2. The predicted octanol–water partition coefficient (Wildman–Crippen LogP) is 3.32. The van der Waals surface area contributed by atoms with E-state index in [0.717, 1.165) is 22.0 Å². The number of nitro groups is 1. The number of nitrogens with one attached hydrogen (secondary N) is 1. The Labute approximate surface area is 128 Å². The quantitative estimate of drug-likeness (QED) is 0.644. The summed E-state index contributed by atoms with van der Waals surface area (Å²) in [5, 5.41) is 23.7. The maximum Gasteiger partial charge on any atom is 0.338 e. The maximum atomic E-state index is 11.2. The van der Waals surface area contributed by atoms with Gasteiger partial charge in [-0.1, -0.05) is 11.6 Å². The molecule has 0 spiro atoms. The number of aromatic carboxylic acids is 1. The third-order valence-corrected chi connectivity index (χ3v) is 3.84. The molecular formula is C12H10ClN3O4S. The van der Waals surface area contributed by atoms with Gasteiger partial charge in [-0.05, 0) is 6.92 Å². The Kier molecular flexibility index (Phi) is 4.39. The molecule has 0 amide bonds. The first-order valence-corrected chi connectivity index (χ1v) is 6.94. The summed E-state index contributed by atoms with van der Waals surface area (Å²) in [6.45, 7) is 2.19. The second-order valence-corrected chi connectivity index (χ2v) is 5.84. The van der Waals surface area contributed by atoms with Crippen LogP contribution in [-0.4, -0.2) is 21.0 Å². The van der Waals surface area contributed by atoms with E-state index in [1.54, 1.807) is 6.20 Å². The van der Waals surface area contributed by atoms with Gasteiger partial charge in [-0.25, -0.2) is 9.78 Å². The number of rotatable bonds is 5. The highest BCUT2D eigenvalue weighted by Crippen LogP contribution is 2.32. The summed E-state index contributed by atoms with van der Waals surface area (Å²) < 4.78 is 0. The summed E-state index contributed by atoms with van der Waals surface area (Å²) in [5.74, 6) is -1.29. The first-order valence-electron chi connectivity index (χ1n) is 5.75. The maximum absolute atomic E-state index is 11.2. The zero-order chi connectivity index (χ0) is 15.6. The molecule has 2 aromatic rings. The SMILES string of the molecule is Cc1ncc(CNc2c(Cl)cc([N+](=O)[O-])cc2C(=O)O)s1. The van der Waals surface area contributed by atoms with Crippen molar-refractivity contribution >= 4 is 40.3 Å². The highest BCUT2D eigenvalue weighted by Gasteiger charge is 2.20. The van der Waals surface area contributed by atoms with Gasteiger partial charge >= 0.3 is 5.97 Å². The van der Waals surface area contributed by atoms with Crippen LogP contribution >= 0.6 is 22.9 Å². The van der Waals surface area contributed by atoms with E-state index in [1.807, 2.05) is 6.92 Å². The molecule has 0 fully saturated rings. The molecule has 1 aromatic carbocycles. The zero-order valence-electron chi connectivity index (χ0n) is 10.8. The minimum atomic E-state index is -1.29. The number of thiazole rings is 1. The van der Waals surface area contributed by atoms with Crippen molar-refractivity contribution in [1.82, 2.24) is 4.98 Å². The molecule has 0 aliphatic carbocycles. The molecule has 0 aliphatic rings. The second kappa shape index (κ2) is 6.06. The fraction of sp³-hybridized carbons (Fsp3) is 0.167. The summed E-state index contributed by atoms with van der Waals surface area (Å²) in [6.07, 6.45) is 1.67. The van der Waals surface area contributed by atoms with E-state index < -0.39 is 10.9 Å². The summed E-state index contributed by atoms with van der Waals surface area (Å²) in [6, 6.07) is 2.10. The number of carbonyl (C=O) groups is 1. The molecule has 0 bridgehead atoms. The van der Waals surface area contributed by atoms with E-state index in [4.69, 9.17) is 16.7 Å². The molecule has 110 valence electrons. The number of halogens is 1. The van der Waals surface area contributed by atoms with Crippen LogP contribution in [0.5, 0.6) is 0 Å². The Morgan fingerprint density at radius 1 is 1.57 bits per heavy atom. The average molecular weight is 328 g/mol. The molecule has 0 saturated carbocycles. The molecule has 2 N–H and O–H groups in total. The summed E-state index contributed by atoms with van der Waals surface area (Å²) >= 11 is 7.41. The van der Waals surface area contributed by atoms with Crippen LogP contribution in [0.4, 0.5) is 11.4 Å². The number of anilines is 1. The number of nitro benzene ring substituents is 1. The van der Waals surface area contributed by atoms with Crippen LogP contribution in [-0.2, 0) is 6.54 Å². The number of benzene rings is 1. The first-order chi connectivity index (χ1) is 9.88. The number of carboxylic acids is 1. The lowest BCUT2D eigenvalue weighted by atomic mass is 10.1. The van der Waals surface area contributed by atoms with E-state index in [-0.39, 0.29) is 22.0 Å². The van der Waals surface area contributed by atoms with Gasteiger partial charge < -0.3 is 10.4 Å². The number of aromatic nitrogens is 1. The van der Waals surface area contributed by atoms with Crippen molar-refractivity contribution in [2.24, 2.45) is 0 Å². The molecule has 7 nitrogen and oxygen atoms in total. The van der Waals surface area contributed by atoms with Crippen molar-refractivity contribution < 1.29 is 14.8 Å². The van der Waals surface area contributed by atoms with Crippen LogP contribution in [0.1, 0.15) is 20.2 Å². The van der Waals surface area contributed by atoms with E-state index in [2.05, 4.69) is 10.3 Å². The molecule has 1 aromatic heterocycles. The van der Waals surface area contributed by atoms with E-state index in [9.17, 15) is 14.9 Å². The van der Waals surface area contributed by atoms with Crippen LogP contribution < -0.4 is 5.32 Å². The largest absolute Gasteiger partial charge is 0.478 e. The van der Waals surface area contributed by atoms with Crippen LogP contribution in [0.15, 0.2) is 18.3 Å². The van der Waals surface area contributed by atoms with Crippen molar-refractivity contribution in [2.75, 3.05) is 5.32 Å². The van der Waals surface area contributed by atoms with E-state index in [1.165, 1.54) is 11.3 Å². The monoisotopic (exact) mass is 327 g/mol. The van der Waals surface area contributed by atoms with Gasteiger partial charge in [-0.2, -0.15) is 0 Å². The molecule has 0 unspecified atom stereocenters. The third kappa shape index (κ3) is 3.47. The summed E-state index contributed by atoms with van der Waals surface area (Å²) in [7, 11) is 0. The van der Waals surface area contributed by atoms with Crippen molar-refractivity contribution in [3.8, 4) is 0 Å². The van der Waals surface area contributed by atoms with Gasteiger partial charge in [0.05, 0.1) is 32.7 Å². The third-order valence-electron chi connectivity index (χ3n) is 2.62. The van der Waals surface area contributed by atoms with Crippen LogP contribution in [0.2, 0.25) is 5.02 Å². The Hall–Kier alpha value is -2.19. The predicted molar refractivity (Wildman–Crippen MR) is 79.2 cm³/mol. The number of carboxylic acid groups (broad SMARTS) is 1. The molecule has 0 saturated heterocycles. The van der Waals surface area contributed by atoms with Crippen LogP contribution in [0.25, 0.3) is 0 Å². The van der Waals surface area contributed by atoms with Crippen molar-refractivity contribution in [3.63, 3.8) is 0 Å². The summed E-state index contributed by atoms with van der Waals surface area (Å²) in [5.41, 5.74) is -0.451. The van der Waals surface area contributed by atoms with Gasteiger partial charge in [0.15, 0.2) is 0 Å². The minimum absolute atomic E-state index is 0.0113. The van der Waals surface area contributed by atoms with Crippen LogP contribution in [0, 0.1) is 17.0 Å². The lowest BCUT2D eigenvalue weighted by Crippen LogP contribution is -2.07. The van der Waals surface area contributed by atoms with Gasteiger partial charge in [0, 0.05) is 23.2 Å². The van der Waals surface area contributed by atoms with Crippen molar-refractivity contribution in [3.05, 3.63) is 48.9 Å². The number of aryl methyl sites for hydroxylation is 1. The number of hydrogen-bond donors (Lipinski definition) is 2. The van der Waals surface area contributed by atoms with Gasteiger partial charge in [-0.3, -0.25) is 10.1 Å². The average Bonchev–Trinajstić information content (AvgIpc) is 2.82. The smallest absolute Gasteiger partial charge is 0.338 e. The van der Waals surface area contributed by atoms with E-state index >= 15 is 0 Å². The Bertz CT molecular complexity index is 717. The van der Waals surface area contributed by atoms with Gasteiger partial charge in [0.2, 0.25) is 0 Å². The molecule has 1 heterocycles. The molecule has 0 aliphatic heterocycles. The lowest BCUT2D eigenvalue weighted by Gasteiger charge is -2.10. The Morgan fingerprint density at radius 3 is 2.81 bits per heavy atom. The van der Waals surface area contributed by atoms with Gasteiger partial charge in [0.1, 0.15) is 0 Å². The standard InChI is InChI=1S/C12H10ClN3O4S/c1-6-14-4-8(21-6)5-15-11-9(12(17)18)2-7(16(19)20)3-10(11)13/h2-4,15H,5H2,1H3,(H,17,18). The molecule has 0 atom stereocenters. The number of hydrogen-bond acceptors (Lipinski definition) is 6. The Balaban J connectivity index is 2.33. The minimum Gasteiger partial charge on any atom is -0.478 e. The van der Waals surface area contributed by atoms with Gasteiger partial charge in [0.25, 0.3) is 5.69 Å². The number of non-ortho nitro benzene ring substituents is 1.